The molecule has 2 N–H and O–H groups in total. The first-order valence-electron chi connectivity index (χ1n) is 7.42. The summed E-state index contributed by atoms with van der Waals surface area (Å²) in [5, 5.41) is 13.2. The lowest BCUT2D eigenvalue weighted by Gasteiger charge is -2.41. The zero-order valence-corrected chi connectivity index (χ0v) is 12.2. The van der Waals surface area contributed by atoms with E-state index in [0.717, 1.165) is 25.1 Å². The van der Waals surface area contributed by atoms with Crippen LogP contribution in [0.15, 0.2) is 24.3 Å². The van der Waals surface area contributed by atoms with Crippen LogP contribution in [0.3, 0.4) is 0 Å². The summed E-state index contributed by atoms with van der Waals surface area (Å²) in [6.45, 7) is 3.26. The highest BCUT2D eigenvalue weighted by Gasteiger charge is 2.34. The summed E-state index contributed by atoms with van der Waals surface area (Å²) >= 11 is 0. The van der Waals surface area contributed by atoms with Crippen molar-refractivity contribution in [1.29, 1.82) is 0 Å². The van der Waals surface area contributed by atoms with E-state index in [2.05, 4.69) is 12.2 Å². The number of hydrogen-bond donors (Lipinski definition) is 2. The molecule has 1 aromatic rings. The maximum Gasteiger partial charge on any atom is 0.416 e. The molecule has 5 heteroatoms. The van der Waals surface area contributed by atoms with E-state index in [1.165, 1.54) is 31.4 Å². The largest absolute Gasteiger partial charge is 0.416 e. The Bertz CT molecular complexity index is 463. The van der Waals surface area contributed by atoms with Crippen molar-refractivity contribution in [2.24, 2.45) is 5.41 Å². The Balaban J connectivity index is 1.90. The summed E-state index contributed by atoms with van der Waals surface area (Å²) in [6.07, 6.45) is -0.569. The summed E-state index contributed by atoms with van der Waals surface area (Å²) in [4.78, 5) is 0. The van der Waals surface area contributed by atoms with Gasteiger partial charge in [0, 0.05) is 13.1 Å². The molecule has 1 fully saturated rings. The van der Waals surface area contributed by atoms with Gasteiger partial charge in [-0.05, 0) is 42.4 Å². The van der Waals surface area contributed by atoms with Crippen LogP contribution in [0.25, 0.3) is 0 Å². The van der Waals surface area contributed by atoms with Gasteiger partial charge in [0.05, 0.1) is 11.7 Å². The highest BCUT2D eigenvalue weighted by molar-refractivity contribution is 5.27. The Labute approximate surface area is 123 Å². The van der Waals surface area contributed by atoms with E-state index in [1.807, 2.05) is 0 Å². The molecule has 1 saturated carbocycles. The average molecular weight is 301 g/mol. The molecule has 0 aromatic heterocycles. The van der Waals surface area contributed by atoms with Crippen LogP contribution in [0, 0.1) is 5.41 Å². The highest BCUT2D eigenvalue weighted by Crippen LogP contribution is 2.43. The van der Waals surface area contributed by atoms with Crippen LogP contribution >= 0.6 is 0 Å². The lowest BCUT2D eigenvalue weighted by Crippen LogP contribution is -2.40. The first kappa shape index (κ1) is 16.3. The van der Waals surface area contributed by atoms with Gasteiger partial charge in [0.2, 0.25) is 0 Å². The molecule has 0 radical (unpaired) electrons. The summed E-state index contributed by atoms with van der Waals surface area (Å²) in [7, 11) is 0. The number of rotatable bonds is 6. The number of hydrogen-bond acceptors (Lipinski definition) is 2. The van der Waals surface area contributed by atoms with Gasteiger partial charge < -0.3 is 10.4 Å². The molecule has 1 aliphatic rings. The Hall–Kier alpha value is -1.07. The van der Waals surface area contributed by atoms with E-state index in [0.29, 0.717) is 11.0 Å². The van der Waals surface area contributed by atoms with E-state index < -0.39 is 17.8 Å². The summed E-state index contributed by atoms with van der Waals surface area (Å²) in [5.74, 6) is 0. The third-order valence-electron chi connectivity index (χ3n) is 4.60. The fraction of sp³-hybridized carbons (Fsp3) is 0.625. The molecule has 0 aliphatic heterocycles. The monoisotopic (exact) mass is 301 g/mol. The highest BCUT2D eigenvalue weighted by atomic mass is 19.4. The van der Waals surface area contributed by atoms with Crippen molar-refractivity contribution in [3.8, 4) is 0 Å². The van der Waals surface area contributed by atoms with Gasteiger partial charge in [-0.1, -0.05) is 25.5 Å². The lowest BCUT2D eigenvalue weighted by atomic mass is 9.67. The van der Waals surface area contributed by atoms with Crippen LogP contribution in [-0.2, 0) is 6.18 Å². The minimum absolute atomic E-state index is 0.281. The minimum atomic E-state index is -4.37. The number of halogens is 3. The molecular weight excluding hydrogens is 279 g/mol. The molecule has 1 unspecified atom stereocenters. The Morgan fingerprint density at radius 1 is 1.33 bits per heavy atom. The average Bonchev–Trinajstić information content (AvgIpc) is 2.41. The van der Waals surface area contributed by atoms with E-state index in [1.54, 1.807) is 0 Å². The molecule has 0 heterocycles. The van der Waals surface area contributed by atoms with Crippen molar-refractivity contribution in [2.75, 3.05) is 13.1 Å². The third kappa shape index (κ3) is 3.98. The molecule has 118 valence electrons. The fourth-order valence-electron chi connectivity index (χ4n) is 2.85. The van der Waals surface area contributed by atoms with Crippen molar-refractivity contribution < 1.29 is 18.3 Å². The van der Waals surface area contributed by atoms with Crippen LogP contribution in [0.4, 0.5) is 13.2 Å². The molecule has 0 spiro atoms. The predicted octanol–water partition coefficient (Wildman–Crippen LogP) is 3.91. The summed E-state index contributed by atoms with van der Waals surface area (Å²) < 4.78 is 37.9. The Morgan fingerprint density at radius 3 is 2.57 bits per heavy atom. The SMILES string of the molecule is CCC1(CNCC(O)c2cccc(C(F)(F)F)c2)CCC1. The van der Waals surface area contributed by atoms with E-state index >= 15 is 0 Å². The summed E-state index contributed by atoms with van der Waals surface area (Å²) in [5.41, 5.74) is -0.0902. The standard InChI is InChI=1S/C16H22F3NO/c1-2-15(7-4-8-15)11-20-10-14(21)12-5-3-6-13(9-12)16(17,18)19/h3,5-6,9,14,20-21H,2,4,7-8,10-11H2,1H3. The molecule has 2 rings (SSSR count). The second-order valence-corrected chi connectivity index (χ2v) is 5.98. The maximum atomic E-state index is 12.6. The Morgan fingerprint density at radius 2 is 2.05 bits per heavy atom. The van der Waals surface area contributed by atoms with Gasteiger partial charge in [0.15, 0.2) is 0 Å². The van der Waals surface area contributed by atoms with Gasteiger partial charge in [-0.25, -0.2) is 0 Å². The maximum absolute atomic E-state index is 12.6. The molecule has 0 amide bonds. The van der Waals surface area contributed by atoms with Crippen LogP contribution in [0.1, 0.15) is 49.8 Å². The van der Waals surface area contributed by atoms with Gasteiger partial charge >= 0.3 is 6.18 Å². The molecule has 1 atom stereocenters. The zero-order valence-electron chi connectivity index (χ0n) is 12.2. The second kappa shape index (κ2) is 6.36. The molecule has 1 aliphatic carbocycles. The van der Waals surface area contributed by atoms with E-state index in [4.69, 9.17) is 0 Å². The van der Waals surface area contributed by atoms with Gasteiger partial charge in [0.25, 0.3) is 0 Å². The van der Waals surface area contributed by atoms with Gasteiger partial charge in [-0.3, -0.25) is 0 Å². The van der Waals surface area contributed by atoms with Crippen molar-refractivity contribution in [3.05, 3.63) is 35.4 Å². The second-order valence-electron chi connectivity index (χ2n) is 5.98. The number of aliphatic hydroxyl groups is 1. The number of aliphatic hydroxyl groups excluding tert-OH is 1. The van der Waals surface area contributed by atoms with E-state index in [-0.39, 0.29) is 6.54 Å². The fourth-order valence-corrected chi connectivity index (χ4v) is 2.85. The molecular formula is C16H22F3NO. The van der Waals surface area contributed by atoms with Crippen molar-refractivity contribution in [2.45, 2.75) is 44.9 Å². The Kier molecular flexibility index (Phi) is 4.94. The number of alkyl halides is 3. The minimum Gasteiger partial charge on any atom is -0.387 e. The van der Waals surface area contributed by atoms with Crippen LogP contribution in [0.2, 0.25) is 0 Å². The van der Waals surface area contributed by atoms with Crippen LogP contribution < -0.4 is 5.32 Å². The summed E-state index contributed by atoms with van der Waals surface area (Å²) in [6, 6.07) is 4.90. The van der Waals surface area contributed by atoms with Crippen molar-refractivity contribution in [3.63, 3.8) is 0 Å². The number of nitrogens with one attached hydrogen (secondary N) is 1. The first-order chi connectivity index (χ1) is 9.86. The molecule has 0 saturated heterocycles. The van der Waals surface area contributed by atoms with Crippen molar-refractivity contribution in [1.82, 2.24) is 5.32 Å². The van der Waals surface area contributed by atoms with Crippen LogP contribution in [0.5, 0.6) is 0 Å². The first-order valence-corrected chi connectivity index (χ1v) is 7.42. The smallest absolute Gasteiger partial charge is 0.387 e. The molecule has 2 nitrogen and oxygen atoms in total. The van der Waals surface area contributed by atoms with Gasteiger partial charge in [-0.2, -0.15) is 13.2 Å². The predicted molar refractivity (Wildman–Crippen MR) is 75.8 cm³/mol. The quantitative estimate of drug-likeness (QED) is 0.835. The lowest BCUT2D eigenvalue weighted by molar-refractivity contribution is -0.137. The van der Waals surface area contributed by atoms with Gasteiger partial charge in [0.1, 0.15) is 0 Å². The molecule has 1 aromatic carbocycles. The third-order valence-corrected chi connectivity index (χ3v) is 4.60. The van der Waals surface area contributed by atoms with Crippen LogP contribution in [-0.4, -0.2) is 18.2 Å². The number of benzene rings is 1. The molecule has 0 bridgehead atoms. The normalized spacial score (nSPS) is 19.1. The zero-order chi connectivity index (χ0) is 15.5. The van der Waals surface area contributed by atoms with E-state index in [9.17, 15) is 18.3 Å². The van der Waals surface area contributed by atoms with Gasteiger partial charge in [-0.15, -0.1) is 0 Å². The molecule has 21 heavy (non-hydrogen) atoms. The topological polar surface area (TPSA) is 32.3 Å². The van der Waals surface area contributed by atoms with Crippen molar-refractivity contribution >= 4 is 0 Å².